The third-order valence-corrected chi connectivity index (χ3v) is 4.54. The molecular formula is C16H10ClF3N2OS. The smallest absolute Gasteiger partial charge is 0.360 e. The molecule has 0 fully saturated rings. The van der Waals surface area contributed by atoms with Crippen LogP contribution in [0.1, 0.15) is 5.56 Å². The van der Waals surface area contributed by atoms with Gasteiger partial charge in [0.1, 0.15) is 0 Å². The minimum atomic E-state index is -4.48. The molecule has 0 atom stereocenters. The van der Waals surface area contributed by atoms with E-state index in [0.717, 1.165) is 22.7 Å². The first-order chi connectivity index (χ1) is 11.3. The molecule has 2 N–H and O–H groups in total. The lowest BCUT2D eigenvalue weighted by atomic mass is 10.1. The van der Waals surface area contributed by atoms with E-state index in [1.165, 1.54) is 24.4 Å². The third-order valence-electron chi connectivity index (χ3n) is 3.23. The standard InChI is InChI=1S/C16H10ClF3N2OS/c17-9-5-6-12-13(7-9)24-14(15(23)22-12)8-21-11-4-2-1-3-10(11)16(18,19)20/h1-8,21H,(H,22,23). The molecule has 2 aromatic rings. The number of carbonyl (C=O) groups excluding carboxylic acids is 1. The van der Waals surface area contributed by atoms with Gasteiger partial charge in [0.15, 0.2) is 0 Å². The first-order valence-electron chi connectivity index (χ1n) is 6.76. The Morgan fingerprint density at radius 1 is 1.17 bits per heavy atom. The van der Waals surface area contributed by atoms with Crippen molar-refractivity contribution >= 4 is 40.6 Å². The highest BCUT2D eigenvalue weighted by molar-refractivity contribution is 8.04. The molecule has 3 rings (SSSR count). The van der Waals surface area contributed by atoms with Crippen molar-refractivity contribution in [2.24, 2.45) is 0 Å². The Labute approximate surface area is 144 Å². The number of amides is 1. The highest BCUT2D eigenvalue weighted by atomic mass is 35.5. The number of benzene rings is 2. The molecule has 3 nitrogen and oxygen atoms in total. The molecule has 8 heteroatoms. The highest BCUT2D eigenvalue weighted by Crippen LogP contribution is 2.40. The van der Waals surface area contributed by atoms with E-state index in [9.17, 15) is 18.0 Å². The molecule has 0 aliphatic carbocycles. The van der Waals surface area contributed by atoms with Crippen LogP contribution in [0.4, 0.5) is 24.5 Å². The summed E-state index contributed by atoms with van der Waals surface area (Å²) in [5.41, 5.74) is -0.309. The predicted molar refractivity (Wildman–Crippen MR) is 89.1 cm³/mol. The summed E-state index contributed by atoms with van der Waals surface area (Å²) in [4.78, 5) is 13.0. The monoisotopic (exact) mass is 370 g/mol. The van der Waals surface area contributed by atoms with Gasteiger partial charge in [0.25, 0.3) is 5.91 Å². The van der Waals surface area contributed by atoms with Crippen LogP contribution in [0.5, 0.6) is 0 Å². The first-order valence-corrected chi connectivity index (χ1v) is 7.96. The molecule has 0 saturated carbocycles. The average molecular weight is 371 g/mol. The molecule has 1 heterocycles. The van der Waals surface area contributed by atoms with E-state index < -0.39 is 17.6 Å². The Bertz CT molecular complexity index is 836. The number of fused-ring (bicyclic) bond motifs is 1. The summed E-state index contributed by atoms with van der Waals surface area (Å²) in [5.74, 6) is -0.396. The van der Waals surface area contributed by atoms with Crippen LogP contribution < -0.4 is 10.6 Å². The molecule has 0 unspecified atom stereocenters. The predicted octanol–water partition coefficient (Wildman–Crippen LogP) is 5.36. The Morgan fingerprint density at radius 2 is 1.92 bits per heavy atom. The van der Waals surface area contributed by atoms with Gasteiger partial charge in [-0.15, -0.1) is 0 Å². The van der Waals surface area contributed by atoms with E-state index in [-0.39, 0.29) is 10.6 Å². The van der Waals surface area contributed by atoms with Crippen LogP contribution in [0.3, 0.4) is 0 Å². The van der Waals surface area contributed by atoms with Crippen LogP contribution in [0.25, 0.3) is 0 Å². The van der Waals surface area contributed by atoms with Crippen molar-refractivity contribution in [1.29, 1.82) is 0 Å². The van der Waals surface area contributed by atoms with Gasteiger partial charge in [0.2, 0.25) is 0 Å². The third kappa shape index (κ3) is 3.52. The molecule has 1 aliphatic heterocycles. The first kappa shape index (κ1) is 16.7. The fraction of sp³-hybridized carbons (Fsp3) is 0.0625. The maximum absolute atomic E-state index is 13.0. The topological polar surface area (TPSA) is 41.1 Å². The Balaban J connectivity index is 1.87. The molecular weight excluding hydrogens is 361 g/mol. The summed E-state index contributed by atoms with van der Waals surface area (Å²) in [6, 6.07) is 10.1. The van der Waals surface area contributed by atoms with E-state index in [0.29, 0.717) is 10.7 Å². The van der Waals surface area contributed by atoms with Crippen LogP contribution in [-0.2, 0) is 11.0 Å². The second kappa shape index (κ2) is 6.41. The average Bonchev–Trinajstić information content (AvgIpc) is 2.52. The van der Waals surface area contributed by atoms with Crippen molar-refractivity contribution in [2.75, 3.05) is 10.6 Å². The molecule has 1 amide bonds. The molecule has 24 heavy (non-hydrogen) atoms. The lowest BCUT2D eigenvalue weighted by Crippen LogP contribution is -2.18. The van der Waals surface area contributed by atoms with Gasteiger partial charge >= 0.3 is 6.18 Å². The fourth-order valence-corrected chi connectivity index (χ4v) is 3.28. The minimum Gasteiger partial charge on any atom is -0.360 e. The lowest BCUT2D eigenvalue weighted by Gasteiger charge is -2.19. The van der Waals surface area contributed by atoms with Crippen LogP contribution in [0.15, 0.2) is 58.5 Å². The van der Waals surface area contributed by atoms with Crippen LogP contribution in [0.2, 0.25) is 5.02 Å². The molecule has 1 aliphatic rings. The van der Waals surface area contributed by atoms with Gasteiger partial charge in [0, 0.05) is 16.1 Å². The highest BCUT2D eigenvalue weighted by Gasteiger charge is 2.33. The molecule has 0 radical (unpaired) electrons. The number of thioether (sulfide) groups is 1. The van der Waals surface area contributed by atoms with Gasteiger partial charge in [-0.3, -0.25) is 4.79 Å². The zero-order valence-electron chi connectivity index (χ0n) is 11.9. The van der Waals surface area contributed by atoms with Gasteiger partial charge in [-0.25, -0.2) is 0 Å². The van der Waals surface area contributed by atoms with Gasteiger partial charge in [-0.1, -0.05) is 35.5 Å². The second-order valence-electron chi connectivity index (χ2n) is 4.89. The fourth-order valence-electron chi connectivity index (χ4n) is 2.13. The Kier molecular flexibility index (Phi) is 4.47. The van der Waals surface area contributed by atoms with E-state index in [1.807, 2.05) is 0 Å². The van der Waals surface area contributed by atoms with Crippen molar-refractivity contribution in [2.45, 2.75) is 11.1 Å². The number of nitrogens with one attached hydrogen (secondary N) is 2. The van der Waals surface area contributed by atoms with E-state index in [4.69, 9.17) is 11.6 Å². The maximum atomic E-state index is 13.0. The van der Waals surface area contributed by atoms with Crippen molar-refractivity contribution in [3.63, 3.8) is 0 Å². The van der Waals surface area contributed by atoms with E-state index in [2.05, 4.69) is 10.6 Å². The van der Waals surface area contributed by atoms with E-state index in [1.54, 1.807) is 18.2 Å². The molecule has 0 saturated heterocycles. The molecule has 0 bridgehead atoms. The van der Waals surface area contributed by atoms with Gasteiger partial charge in [0.05, 0.1) is 21.8 Å². The van der Waals surface area contributed by atoms with Crippen molar-refractivity contribution in [3.8, 4) is 0 Å². The molecule has 124 valence electrons. The maximum Gasteiger partial charge on any atom is 0.418 e. The number of para-hydroxylation sites is 1. The van der Waals surface area contributed by atoms with Crippen LogP contribution >= 0.6 is 23.4 Å². The largest absolute Gasteiger partial charge is 0.418 e. The van der Waals surface area contributed by atoms with Crippen molar-refractivity contribution < 1.29 is 18.0 Å². The van der Waals surface area contributed by atoms with Crippen molar-refractivity contribution in [3.05, 3.63) is 64.2 Å². The number of anilines is 2. The van der Waals surface area contributed by atoms with E-state index >= 15 is 0 Å². The summed E-state index contributed by atoms with van der Waals surface area (Å²) in [6.07, 6.45) is -3.22. The summed E-state index contributed by atoms with van der Waals surface area (Å²) < 4.78 is 38.9. The van der Waals surface area contributed by atoms with Gasteiger partial charge < -0.3 is 10.6 Å². The number of alkyl halides is 3. The summed E-state index contributed by atoms with van der Waals surface area (Å²) in [6.45, 7) is 0. The number of hydrogen-bond donors (Lipinski definition) is 2. The molecule has 0 aromatic heterocycles. The zero-order valence-corrected chi connectivity index (χ0v) is 13.5. The van der Waals surface area contributed by atoms with Gasteiger partial charge in [-0.05, 0) is 30.3 Å². The number of carbonyl (C=O) groups is 1. The summed E-state index contributed by atoms with van der Waals surface area (Å²) >= 11 is 7.05. The molecule has 2 aromatic carbocycles. The zero-order chi connectivity index (χ0) is 17.3. The van der Waals surface area contributed by atoms with Gasteiger partial charge in [-0.2, -0.15) is 13.2 Å². The quantitative estimate of drug-likeness (QED) is 0.699. The van der Waals surface area contributed by atoms with Crippen LogP contribution in [0, 0.1) is 0 Å². The number of halogens is 4. The minimum absolute atomic E-state index is 0.122. The summed E-state index contributed by atoms with van der Waals surface area (Å²) in [7, 11) is 0. The van der Waals surface area contributed by atoms with Crippen LogP contribution in [-0.4, -0.2) is 5.91 Å². The lowest BCUT2D eigenvalue weighted by molar-refractivity contribution is -0.136. The number of hydrogen-bond acceptors (Lipinski definition) is 3. The Morgan fingerprint density at radius 3 is 2.67 bits per heavy atom. The molecule has 0 spiro atoms. The number of rotatable bonds is 2. The normalized spacial score (nSPS) is 15.8. The summed E-state index contributed by atoms with van der Waals surface area (Å²) in [5, 5.41) is 5.74. The Hall–Kier alpha value is -2.12. The SMILES string of the molecule is O=C1Nc2ccc(Cl)cc2SC1=CNc1ccccc1C(F)(F)F. The van der Waals surface area contributed by atoms with Crippen molar-refractivity contribution in [1.82, 2.24) is 0 Å². The second-order valence-corrected chi connectivity index (χ2v) is 6.41.